The van der Waals surface area contributed by atoms with Crippen molar-refractivity contribution >= 4 is 11.7 Å². The summed E-state index contributed by atoms with van der Waals surface area (Å²) in [6.07, 6.45) is 6.15. The van der Waals surface area contributed by atoms with Crippen LogP contribution in [0.25, 0.3) is 0 Å². The fourth-order valence-electron chi connectivity index (χ4n) is 4.91. The van der Waals surface area contributed by atoms with E-state index < -0.39 is 0 Å². The Labute approximate surface area is 200 Å². The molecule has 8 heteroatoms. The Morgan fingerprint density at radius 1 is 1.18 bits per heavy atom. The third kappa shape index (κ3) is 4.46. The Bertz CT molecular complexity index is 1110. The van der Waals surface area contributed by atoms with E-state index in [2.05, 4.69) is 69.4 Å². The Morgan fingerprint density at radius 3 is 2.79 bits per heavy atom. The number of ether oxygens (including phenoxy) is 1. The molecule has 1 saturated heterocycles. The zero-order valence-electron chi connectivity index (χ0n) is 19.9. The maximum absolute atomic E-state index is 12.4. The Hall–Kier alpha value is -3.52. The number of hydrogen-bond donors (Lipinski definition) is 3. The zero-order chi connectivity index (χ0) is 23.7. The molecule has 1 amide bonds. The van der Waals surface area contributed by atoms with E-state index in [9.17, 15) is 4.79 Å². The second-order valence-electron chi connectivity index (χ2n) is 9.18. The molecule has 0 radical (unpaired) electrons. The lowest BCUT2D eigenvalue weighted by Gasteiger charge is -2.37. The van der Waals surface area contributed by atoms with Crippen molar-refractivity contribution in [3.05, 3.63) is 77.1 Å². The summed E-state index contributed by atoms with van der Waals surface area (Å²) in [4.78, 5) is 14.6. The third-order valence-electron chi connectivity index (χ3n) is 6.85. The highest BCUT2D eigenvalue weighted by molar-refractivity contribution is 5.89. The topological polar surface area (TPSA) is 81.2 Å². The van der Waals surface area contributed by atoms with Crippen LogP contribution < -0.4 is 20.9 Å². The van der Waals surface area contributed by atoms with Crippen molar-refractivity contribution in [3.63, 3.8) is 0 Å². The van der Waals surface area contributed by atoms with Crippen molar-refractivity contribution in [2.75, 3.05) is 7.11 Å². The average molecular weight is 461 g/mol. The van der Waals surface area contributed by atoms with Crippen LogP contribution in [0.1, 0.15) is 47.6 Å². The van der Waals surface area contributed by atoms with E-state index in [0.29, 0.717) is 19.4 Å². The number of hydrazone groups is 1. The van der Waals surface area contributed by atoms with E-state index in [0.717, 1.165) is 23.6 Å². The Kier molecular flexibility index (Phi) is 6.15. The number of amides is 1. The lowest BCUT2D eigenvalue weighted by Crippen LogP contribution is -2.54. The number of fused-ring (bicyclic) bond motifs is 3. The number of carbonyl (C=O) groups excluding carboxylic acids is 1. The van der Waals surface area contributed by atoms with Gasteiger partial charge in [-0.3, -0.25) is 10.2 Å². The Morgan fingerprint density at radius 2 is 2.00 bits per heavy atom. The molecule has 34 heavy (non-hydrogen) atoms. The zero-order valence-corrected chi connectivity index (χ0v) is 19.9. The van der Waals surface area contributed by atoms with Crippen molar-refractivity contribution in [2.45, 2.75) is 57.9 Å². The van der Waals surface area contributed by atoms with Crippen LogP contribution in [-0.2, 0) is 11.3 Å². The van der Waals surface area contributed by atoms with Crippen molar-refractivity contribution < 1.29 is 9.53 Å². The number of aryl methyl sites for hydroxylation is 2. The number of rotatable bonds is 7. The molecule has 0 aromatic heterocycles. The van der Waals surface area contributed by atoms with Crippen LogP contribution in [0.5, 0.6) is 5.75 Å². The first-order valence-corrected chi connectivity index (χ1v) is 11.8. The molecule has 0 spiro atoms. The summed E-state index contributed by atoms with van der Waals surface area (Å²) >= 11 is 0. The lowest BCUT2D eigenvalue weighted by molar-refractivity contribution is -0.121. The normalized spacial score (nSPS) is 22.7. The van der Waals surface area contributed by atoms with Crippen LogP contribution >= 0.6 is 0 Å². The largest absolute Gasteiger partial charge is 0.497 e. The fourth-order valence-corrected chi connectivity index (χ4v) is 4.91. The minimum absolute atomic E-state index is 0.0158. The fraction of sp³-hybridized carbons (Fsp3) is 0.385. The summed E-state index contributed by atoms with van der Waals surface area (Å²) in [6.45, 7) is 4.81. The van der Waals surface area contributed by atoms with E-state index in [1.54, 1.807) is 7.11 Å². The molecule has 8 nitrogen and oxygen atoms in total. The van der Waals surface area contributed by atoms with Crippen molar-refractivity contribution in [1.82, 2.24) is 26.1 Å². The second-order valence-corrected chi connectivity index (χ2v) is 9.18. The van der Waals surface area contributed by atoms with Gasteiger partial charge >= 0.3 is 0 Å². The van der Waals surface area contributed by atoms with E-state index in [1.165, 1.54) is 16.7 Å². The molecule has 3 heterocycles. The van der Waals surface area contributed by atoms with E-state index >= 15 is 0 Å². The van der Waals surface area contributed by atoms with Crippen molar-refractivity contribution in [3.8, 4) is 5.75 Å². The van der Waals surface area contributed by atoms with Crippen LogP contribution in [-0.4, -0.2) is 41.0 Å². The molecular formula is C26H32N6O2. The summed E-state index contributed by atoms with van der Waals surface area (Å²) in [5.74, 6) is 1.72. The monoisotopic (exact) mass is 460 g/mol. The smallest absolute Gasteiger partial charge is 0.220 e. The van der Waals surface area contributed by atoms with Gasteiger partial charge in [-0.15, -0.1) is 0 Å². The predicted molar refractivity (Wildman–Crippen MR) is 131 cm³/mol. The number of methoxy groups -OCH3 is 1. The summed E-state index contributed by atoms with van der Waals surface area (Å²) < 4.78 is 5.17. The third-order valence-corrected chi connectivity index (χ3v) is 6.85. The van der Waals surface area contributed by atoms with Gasteiger partial charge in [-0.2, -0.15) is 5.10 Å². The molecule has 3 aliphatic rings. The van der Waals surface area contributed by atoms with Gasteiger partial charge in [0, 0.05) is 31.8 Å². The van der Waals surface area contributed by atoms with E-state index in [1.807, 2.05) is 30.5 Å². The number of benzene rings is 2. The van der Waals surface area contributed by atoms with E-state index in [4.69, 9.17) is 4.74 Å². The first-order chi connectivity index (χ1) is 16.5. The highest BCUT2D eigenvalue weighted by Crippen LogP contribution is 2.35. The van der Waals surface area contributed by atoms with Crippen LogP contribution in [0.3, 0.4) is 0 Å². The molecule has 178 valence electrons. The van der Waals surface area contributed by atoms with Crippen LogP contribution in [0.2, 0.25) is 0 Å². The van der Waals surface area contributed by atoms with Crippen LogP contribution in [0.4, 0.5) is 0 Å². The summed E-state index contributed by atoms with van der Waals surface area (Å²) in [5.41, 5.74) is 11.9. The van der Waals surface area contributed by atoms with Crippen molar-refractivity contribution in [1.29, 1.82) is 0 Å². The number of hydrazine groups is 1. The molecule has 1 fully saturated rings. The van der Waals surface area contributed by atoms with Gasteiger partial charge in [-0.05, 0) is 49.1 Å². The lowest BCUT2D eigenvalue weighted by atomic mass is 9.95. The van der Waals surface area contributed by atoms with E-state index in [-0.39, 0.29) is 24.2 Å². The molecular weight excluding hydrogens is 428 g/mol. The van der Waals surface area contributed by atoms with Crippen LogP contribution in [0, 0.1) is 13.8 Å². The van der Waals surface area contributed by atoms with Gasteiger partial charge < -0.3 is 20.0 Å². The molecule has 3 N–H and O–H groups in total. The highest BCUT2D eigenvalue weighted by atomic mass is 16.5. The molecule has 0 aliphatic carbocycles. The quantitative estimate of drug-likeness (QED) is 0.589. The molecule has 2 aromatic rings. The number of nitrogens with one attached hydrogen (secondary N) is 3. The minimum atomic E-state index is 0.0158. The molecule has 3 atom stereocenters. The van der Waals surface area contributed by atoms with Gasteiger partial charge in [0.2, 0.25) is 5.91 Å². The summed E-state index contributed by atoms with van der Waals surface area (Å²) in [5, 5.41) is 9.76. The van der Waals surface area contributed by atoms with Gasteiger partial charge in [0.25, 0.3) is 0 Å². The average Bonchev–Trinajstić information content (AvgIpc) is 3.47. The molecule has 3 unspecified atom stereocenters. The minimum Gasteiger partial charge on any atom is -0.497 e. The first kappa shape index (κ1) is 22.3. The molecule has 0 saturated carbocycles. The maximum atomic E-state index is 12.4. The second kappa shape index (κ2) is 9.38. The van der Waals surface area contributed by atoms with Gasteiger partial charge in [0.15, 0.2) is 0 Å². The van der Waals surface area contributed by atoms with Gasteiger partial charge in [-0.1, -0.05) is 35.9 Å². The highest BCUT2D eigenvalue weighted by Gasteiger charge is 2.44. The van der Waals surface area contributed by atoms with Gasteiger partial charge in [0.1, 0.15) is 17.8 Å². The molecule has 0 bridgehead atoms. The molecule has 3 aliphatic heterocycles. The number of hydrogen-bond acceptors (Lipinski definition) is 7. The van der Waals surface area contributed by atoms with Gasteiger partial charge in [0.05, 0.1) is 19.2 Å². The molecule has 5 rings (SSSR count). The number of amidine groups is 1. The standard InChI is InChI=1S/C26H32N6O2/c1-17-4-5-18(2)21(14-17)22-15-23-26-29-28-24(31(26)12-13-32(23)30-22)10-11-25(33)27-16-19-6-8-20(34-3)9-7-19/h4-9,12-14,22-23,26,29-30H,10-11,15-16H2,1-3H3,(H,27,33). The first-order valence-electron chi connectivity index (χ1n) is 11.8. The number of nitrogens with zero attached hydrogens (tertiary/aromatic N) is 3. The van der Waals surface area contributed by atoms with Gasteiger partial charge in [-0.25, -0.2) is 5.43 Å². The number of carbonyl (C=O) groups is 1. The summed E-state index contributed by atoms with van der Waals surface area (Å²) in [7, 11) is 1.64. The van der Waals surface area contributed by atoms with Crippen LogP contribution in [0.15, 0.2) is 60.0 Å². The van der Waals surface area contributed by atoms with Crippen molar-refractivity contribution in [2.24, 2.45) is 5.10 Å². The molecule has 2 aromatic carbocycles. The maximum Gasteiger partial charge on any atom is 0.220 e. The predicted octanol–water partition coefficient (Wildman–Crippen LogP) is 3.06. The Balaban J connectivity index is 1.14. The SMILES string of the molecule is COc1ccc(CNC(=O)CCC2=NNC3C4CC(c5cc(C)ccc5C)NN4C=CN23)cc1. The summed E-state index contributed by atoms with van der Waals surface area (Å²) in [6, 6.07) is 14.9.